The van der Waals surface area contributed by atoms with Crippen molar-refractivity contribution in [2.75, 3.05) is 12.4 Å². The summed E-state index contributed by atoms with van der Waals surface area (Å²) >= 11 is 0. The summed E-state index contributed by atoms with van der Waals surface area (Å²) in [5, 5.41) is 14.5. The van der Waals surface area contributed by atoms with Crippen LogP contribution in [0.25, 0.3) is 0 Å². The fourth-order valence-electron chi connectivity index (χ4n) is 2.69. The van der Waals surface area contributed by atoms with Crippen LogP contribution in [0.5, 0.6) is 0 Å². The van der Waals surface area contributed by atoms with E-state index in [2.05, 4.69) is 10.1 Å². The van der Waals surface area contributed by atoms with Crippen molar-refractivity contribution in [3.05, 3.63) is 33.9 Å². The van der Waals surface area contributed by atoms with Gasteiger partial charge < -0.3 is 10.1 Å². The zero-order valence-corrected chi connectivity index (χ0v) is 12.1. The number of benzene rings is 1. The molecule has 21 heavy (non-hydrogen) atoms. The highest BCUT2D eigenvalue weighted by Gasteiger charge is 2.20. The molecule has 0 spiro atoms. The van der Waals surface area contributed by atoms with E-state index in [0.29, 0.717) is 5.69 Å². The van der Waals surface area contributed by atoms with Crippen molar-refractivity contribution in [2.45, 2.75) is 44.6 Å². The Hall–Kier alpha value is -2.11. The maximum Gasteiger partial charge on any atom is 0.338 e. The van der Waals surface area contributed by atoms with Gasteiger partial charge in [-0.05, 0) is 25.0 Å². The van der Waals surface area contributed by atoms with E-state index >= 15 is 0 Å². The van der Waals surface area contributed by atoms with E-state index in [1.54, 1.807) is 12.1 Å². The average molecular weight is 292 g/mol. The van der Waals surface area contributed by atoms with Crippen LogP contribution >= 0.6 is 0 Å². The van der Waals surface area contributed by atoms with Crippen molar-refractivity contribution >= 4 is 17.3 Å². The molecule has 0 aliphatic heterocycles. The molecule has 0 unspecified atom stereocenters. The van der Waals surface area contributed by atoms with E-state index in [1.807, 2.05) is 0 Å². The Labute approximate surface area is 123 Å². The Morgan fingerprint density at radius 3 is 2.52 bits per heavy atom. The van der Waals surface area contributed by atoms with Crippen molar-refractivity contribution in [2.24, 2.45) is 0 Å². The third-order valence-electron chi connectivity index (χ3n) is 3.83. The minimum atomic E-state index is -0.570. The maximum atomic E-state index is 11.5. The molecule has 1 aliphatic rings. The van der Waals surface area contributed by atoms with Crippen molar-refractivity contribution in [1.82, 2.24) is 0 Å². The van der Waals surface area contributed by atoms with E-state index in [0.717, 1.165) is 25.7 Å². The highest BCUT2D eigenvalue weighted by molar-refractivity contribution is 5.91. The molecule has 1 saturated carbocycles. The fraction of sp³-hybridized carbons (Fsp3) is 0.533. The van der Waals surface area contributed by atoms with Crippen LogP contribution in [0.15, 0.2) is 18.2 Å². The standard InChI is InChI=1S/C15H20N2O4/c1-21-15(18)11-8-9-13(14(10-11)17(19)20)16-12-6-4-2-3-5-7-12/h8-10,12,16H,2-7H2,1H3. The number of carbonyl (C=O) groups excluding carboxylic acids is 1. The van der Waals surface area contributed by atoms with Gasteiger partial charge in [-0.25, -0.2) is 4.79 Å². The topological polar surface area (TPSA) is 81.5 Å². The number of methoxy groups -OCH3 is 1. The third-order valence-corrected chi connectivity index (χ3v) is 3.83. The lowest BCUT2D eigenvalue weighted by molar-refractivity contribution is -0.384. The smallest absolute Gasteiger partial charge is 0.338 e. The number of ether oxygens (including phenoxy) is 1. The van der Waals surface area contributed by atoms with Crippen molar-refractivity contribution in [1.29, 1.82) is 0 Å². The predicted molar refractivity (Wildman–Crippen MR) is 79.5 cm³/mol. The molecule has 0 heterocycles. The van der Waals surface area contributed by atoms with Gasteiger partial charge in [-0.2, -0.15) is 0 Å². The number of esters is 1. The number of nitrogens with one attached hydrogen (secondary N) is 1. The van der Waals surface area contributed by atoms with Gasteiger partial charge in [0.05, 0.1) is 17.6 Å². The largest absolute Gasteiger partial charge is 0.465 e. The van der Waals surface area contributed by atoms with Crippen LogP contribution in [0.2, 0.25) is 0 Å². The molecule has 0 radical (unpaired) electrons. The van der Waals surface area contributed by atoms with Crippen LogP contribution in [-0.4, -0.2) is 24.0 Å². The molecular formula is C15H20N2O4. The second-order valence-corrected chi connectivity index (χ2v) is 5.31. The molecule has 2 rings (SSSR count). The van der Waals surface area contributed by atoms with Crippen LogP contribution < -0.4 is 5.32 Å². The number of carbonyl (C=O) groups is 1. The minimum Gasteiger partial charge on any atom is -0.465 e. The second kappa shape index (κ2) is 7.06. The van der Waals surface area contributed by atoms with Crippen molar-refractivity contribution in [3.63, 3.8) is 0 Å². The highest BCUT2D eigenvalue weighted by Crippen LogP contribution is 2.29. The van der Waals surface area contributed by atoms with Gasteiger partial charge in [-0.3, -0.25) is 10.1 Å². The molecule has 1 aromatic rings. The number of nitro benzene ring substituents is 1. The minimum absolute atomic E-state index is 0.0813. The molecule has 6 heteroatoms. The van der Waals surface area contributed by atoms with Crippen LogP contribution in [0.4, 0.5) is 11.4 Å². The Morgan fingerprint density at radius 1 is 1.29 bits per heavy atom. The summed E-state index contributed by atoms with van der Waals surface area (Å²) < 4.78 is 4.60. The first-order valence-electron chi connectivity index (χ1n) is 7.25. The van der Waals surface area contributed by atoms with Gasteiger partial charge in [0.25, 0.3) is 5.69 Å². The molecule has 0 amide bonds. The molecule has 0 atom stereocenters. The van der Waals surface area contributed by atoms with E-state index in [1.165, 1.54) is 26.0 Å². The van der Waals surface area contributed by atoms with Crippen molar-refractivity contribution in [3.8, 4) is 0 Å². The predicted octanol–water partition coefficient (Wildman–Crippen LogP) is 3.52. The molecule has 6 nitrogen and oxygen atoms in total. The molecule has 1 N–H and O–H groups in total. The lowest BCUT2D eigenvalue weighted by atomic mass is 10.1. The van der Waals surface area contributed by atoms with Gasteiger partial charge in [-0.1, -0.05) is 25.7 Å². The van der Waals surface area contributed by atoms with Crippen LogP contribution in [0.3, 0.4) is 0 Å². The second-order valence-electron chi connectivity index (χ2n) is 5.31. The Kier molecular flexibility index (Phi) is 5.14. The molecule has 1 aromatic carbocycles. The first kappa shape index (κ1) is 15.3. The summed E-state index contributed by atoms with van der Waals surface area (Å²) in [4.78, 5) is 22.2. The van der Waals surface area contributed by atoms with Crippen LogP contribution in [0, 0.1) is 10.1 Å². The number of nitro groups is 1. The summed E-state index contributed by atoms with van der Waals surface area (Å²) in [5.74, 6) is -0.570. The third kappa shape index (κ3) is 3.93. The normalized spacial score (nSPS) is 16.0. The van der Waals surface area contributed by atoms with Gasteiger partial charge in [0.2, 0.25) is 0 Å². The average Bonchev–Trinajstić information content (AvgIpc) is 2.75. The van der Waals surface area contributed by atoms with Crippen molar-refractivity contribution < 1.29 is 14.5 Å². The lowest BCUT2D eigenvalue weighted by Crippen LogP contribution is -2.19. The fourth-order valence-corrected chi connectivity index (χ4v) is 2.69. The Balaban J connectivity index is 2.21. The monoisotopic (exact) mass is 292 g/mol. The first-order chi connectivity index (χ1) is 10.1. The van der Waals surface area contributed by atoms with Crippen LogP contribution in [-0.2, 0) is 4.74 Å². The van der Waals surface area contributed by atoms with Gasteiger partial charge in [0.15, 0.2) is 0 Å². The van der Waals surface area contributed by atoms with E-state index in [4.69, 9.17) is 0 Å². The summed E-state index contributed by atoms with van der Waals surface area (Å²) in [6.45, 7) is 0. The number of nitrogens with zero attached hydrogens (tertiary/aromatic N) is 1. The number of hydrogen-bond acceptors (Lipinski definition) is 5. The number of rotatable bonds is 4. The summed E-state index contributed by atoms with van der Waals surface area (Å²) in [5.41, 5.74) is 0.581. The molecule has 114 valence electrons. The Morgan fingerprint density at radius 2 is 1.95 bits per heavy atom. The summed E-state index contributed by atoms with van der Waals surface area (Å²) in [7, 11) is 1.26. The lowest BCUT2D eigenvalue weighted by Gasteiger charge is -2.17. The zero-order chi connectivity index (χ0) is 15.2. The molecule has 0 saturated heterocycles. The quantitative estimate of drug-likeness (QED) is 0.397. The zero-order valence-electron chi connectivity index (χ0n) is 12.1. The highest BCUT2D eigenvalue weighted by atomic mass is 16.6. The Bertz CT molecular complexity index is 522. The molecule has 0 bridgehead atoms. The van der Waals surface area contributed by atoms with Crippen LogP contribution in [0.1, 0.15) is 48.9 Å². The molecule has 1 aliphatic carbocycles. The molecule has 0 aromatic heterocycles. The molecular weight excluding hydrogens is 272 g/mol. The molecule has 1 fully saturated rings. The van der Waals surface area contributed by atoms with Gasteiger partial charge in [0, 0.05) is 12.1 Å². The van der Waals surface area contributed by atoms with Gasteiger partial charge in [-0.15, -0.1) is 0 Å². The number of anilines is 1. The summed E-state index contributed by atoms with van der Waals surface area (Å²) in [6.07, 6.45) is 6.78. The maximum absolute atomic E-state index is 11.5. The van der Waals surface area contributed by atoms with E-state index in [-0.39, 0.29) is 17.3 Å². The SMILES string of the molecule is COC(=O)c1ccc(NC2CCCCCC2)c([N+](=O)[O-])c1. The van der Waals surface area contributed by atoms with Gasteiger partial charge >= 0.3 is 5.97 Å². The number of hydrogen-bond donors (Lipinski definition) is 1. The van der Waals surface area contributed by atoms with E-state index < -0.39 is 10.9 Å². The first-order valence-corrected chi connectivity index (χ1v) is 7.25. The summed E-state index contributed by atoms with van der Waals surface area (Å²) in [6, 6.07) is 4.67. The van der Waals surface area contributed by atoms with Gasteiger partial charge in [0.1, 0.15) is 5.69 Å². The van der Waals surface area contributed by atoms with E-state index in [9.17, 15) is 14.9 Å².